The van der Waals surface area contributed by atoms with Crippen LogP contribution >= 0.6 is 15.9 Å². The third kappa shape index (κ3) is 6.93. The Bertz CT molecular complexity index is 473. The van der Waals surface area contributed by atoms with Crippen molar-refractivity contribution in [3.05, 3.63) is 28.5 Å². The van der Waals surface area contributed by atoms with E-state index in [1.165, 1.54) is 12.1 Å². The summed E-state index contributed by atoms with van der Waals surface area (Å²) in [5.41, 5.74) is 0. The van der Waals surface area contributed by atoms with Gasteiger partial charge >= 0.3 is 0 Å². The maximum atomic E-state index is 13.0. The number of ether oxygens (including phenoxy) is 1. The number of unbranched alkanes of at least 4 members (excludes halogenated alkanes) is 2. The van der Waals surface area contributed by atoms with E-state index in [2.05, 4.69) is 15.9 Å². The number of benzene rings is 1. The first kappa shape index (κ1) is 15.4. The van der Waals surface area contributed by atoms with Gasteiger partial charge in [-0.05, 0) is 31.4 Å². The van der Waals surface area contributed by atoms with Crippen molar-refractivity contribution in [2.24, 2.45) is 5.14 Å². The van der Waals surface area contributed by atoms with Gasteiger partial charge in [0.15, 0.2) is 0 Å². The standard InChI is InChI=1S/C11H15BrFNO3S/c12-9-6-10(13)8-11(7-9)17-4-2-1-3-5-18(14,15)16/h6-8H,1-5H2,(H2,14,15,16). The molecule has 0 atom stereocenters. The number of nitrogens with two attached hydrogens (primary N) is 1. The highest BCUT2D eigenvalue weighted by Gasteiger charge is 2.02. The summed E-state index contributed by atoms with van der Waals surface area (Å²) in [5.74, 6) is 0.0697. The van der Waals surface area contributed by atoms with E-state index in [1.807, 2.05) is 0 Å². The SMILES string of the molecule is NS(=O)(=O)CCCCCOc1cc(F)cc(Br)c1. The number of halogens is 2. The molecule has 0 spiro atoms. The number of primary sulfonamides is 1. The van der Waals surface area contributed by atoms with E-state index >= 15 is 0 Å². The average molecular weight is 340 g/mol. The molecule has 0 heterocycles. The topological polar surface area (TPSA) is 69.4 Å². The van der Waals surface area contributed by atoms with Crippen LogP contribution < -0.4 is 9.88 Å². The van der Waals surface area contributed by atoms with Gasteiger partial charge in [0, 0.05) is 10.5 Å². The van der Waals surface area contributed by atoms with Gasteiger partial charge in [-0.1, -0.05) is 15.9 Å². The molecule has 0 amide bonds. The average Bonchev–Trinajstić information content (AvgIpc) is 2.20. The molecule has 0 bridgehead atoms. The molecule has 18 heavy (non-hydrogen) atoms. The lowest BCUT2D eigenvalue weighted by molar-refractivity contribution is 0.304. The van der Waals surface area contributed by atoms with Crippen LogP contribution in [0.15, 0.2) is 22.7 Å². The van der Waals surface area contributed by atoms with Gasteiger partial charge in [0.05, 0.1) is 12.4 Å². The zero-order valence-corrected chi connectivity index (χ0v) is 12.1. The highest BCUT2D eigenvalue weighted by atomic mass is 79.9. The number of hydrogen-bond donors (Lipinski definition) is 1. The van der Waals surface area contributed by atoms with Gasteiger partial charge in [0.25, 0.3) is 0 Å². The van der Waals surface area contributed by atoms with Crippen LogP contribution in [0.2, 0.25) is 0 Å². The second kappa shape index (κ2) is 7.06. The molecule has 0 radical (unpaired) electrons. The number of hydrogen-bond acceptors (Lipinski definition) is 3. The molecule has 0 aliphatic rings. The van der Waals surface area contributed by atoms with Crippen molar-refractivity contribution in [2.45, 2.75) is 19.3 Å². The van der Waals surface area contributed by atoms with Crippen LogP contribution in [-0.2, 0) is 10.0 Å². The van der Waals surface area contributed by atoms with Crippen molar-refractivity contribution in [1.82, 2.24) is 0 Å². The molecule has 0 aliphatic carbocycles. The van der Waals surface area contributed by atoms with Gasteiger partial charge in [-0.3, -0.25) is 0 Å². The van der Waals surface area contributed by atoms with Crippen LogP contribution in [0.4, 0.5) is 4.39 Å². The van der Waals surface area contributed by atoms with Gasteiger partial charge in [-0.2, -0.15) is 0 Å². The fourth-order valence-electron chi connectivity index (χ4n) is 1.38. The van der Waals surface area contributed by atoms with Gasteiger partial charge in [-0.25, -0.2) is 17.9 Å². The van der Waals surface area contributed by atoms with Crippen LogP contribution in [-0.4, -0.2) is 20.8 Å². The first-order valence-electron chi connectivity index (χ1n) is 5.46. The zero-order valence-electron chi connectivity index (χ0n) is 9.73. The van der Waals surface area contributed by atoms with E-state index in [-0.39, 0.29) is 11.6 Å². The van der Waals surface area contributed by atoms with Crippen LogP contribution in [0.1, 0.15) is 19.3 Å². The third-order valence-corrected chi connectivity index (χ3v) is 3.49. The Morgan fingerprint density at radius 1 is 1.22 bits per heavy atom. The summed E-state index contributed by atoms with van der Waals surface area (Å²) >= 11 is 3.17. The summed E-state index contributed by atoms with van der Waals surface area (Å²) in [7, 11) is -3.37. The van der Waals surface area contributed by atoms with Gasteiger partial charge in [-0.15, -0.1) is 0 Å². The molecule has 0 fully saturated rings. The molecule has 1 rings (SSSR count). The largest absolute Gasteiger partial charge is 0.493 e. The lowest BCUT2D eigenvalue weighted by Gasteiger charge is -2.06. The minimum absolute atomic E-state index is 0.0154. The Kier molecular flexibility index (Phi) is 6.04. The normalized spacial score (nSPS) is 11.5. The van der Waals surface area contributed by atoms with E-state index < -0.39 is 10.0 Å². The van der Waals surface area contributed by atoms with E-state index in [4.69, 9.17) is 9.88 Å². The van der Waals surface area contributed by atoms with Crippen LogP contribution in [0, 0.1) is 5.82 Å². The van der Waals surface area contributed by atoms with Crippen molar-refractivity contribution in [3.8, 4) is 5.75 Å². The fraction of sp³-hybridized carbons (Fsp3) is 0.455. The highest BCUT2D eigenvalue weighted by Crippen LogP contribution is 2.20. The Hall–Kier alpha value is -0.660. The van der Waals surface area contributed by atoms with E-state index in [9.17, 15) is 12.8 Å². The Morgan fingerprint density at radius 3 is 2.56 bits per heavy atom. The Balaban J connectivity index is 2.22. The molecule has 0 aliphatic heterocycles. The molecule has 1 aromatic rings. The highest BCUT2D eigenvalue weighted by molar-refractivity contribution is 9.10. The van der Waals surface area contributed by atoms with Crippen molar-refractivity contribution >= 4 is 26.0 Å². The predicted molar refractivity (Wildman–Crippen MR) is 71.4 cm³/mol. The minimum atomic E-state index is -3.37. The van der Waals surface area contributed by atoms with E-state index in [1.54, 1.807) is 6.07 Å². The molecule has 7 heteroatoms. The molecule has 102 valence electrons. The predicted octanol–water partition coefficient (Wildman–Crippen LogP) is 2.43. The quantitative estimate of drug-likeness (QED) is 0.775. The van der Waals surface area contributed by atoms with Gasteiger partial charge < -0.3 is 4.74 Å². The lowest BCUT2D eigenvalue weighted by Crippen LogP contribution is -2.16. The first-order chi connectivity index (χ1) is 8.37. The van der Waals surface area contributed by atoms with E-state index in [0.717, 1.165) is 0 Å². The van der Waals surface area contributed by atoms with Gasteiger partial charge in [0.1, 0.15) is 11.6 Å². The van der Waals surface area contributed by atoms with Crippen molar-refractivity contribution in [2.75, 3.05) is 12.4 Å². The summed E-state index contributed by atoms with van der Waals surface area (Å²) in [6, 6.07) is 4.32. The molecule has 0 saturated heterocycles. The van der Waals surface area contributed by atoms with Crippen molar-refractivity contribution < 1.29 is 17.5 Å². The summed E-state index contributed by atoms with van der Waals surface area (Å²) in [6.45, 7) is 0.417. The summed E-state index contributed by atoms with van der Waals surface area (Å²) < 4.78 is 40.3. The summed E-state index contributed by atoms with van der Waals surface area (Å²) in [4.78, 5) is 0. The molecule has 1 aromatic carbocycles. The molecular weight excluding hydrogens is 325 g/mol. The molecular formula is C11H15BrFNO3S. The molecule has 2 N–H and O–H groups in total. The van der Waals surface area contributed by atoms with Crippen LogP contribution in [0.25, 0.3) is 0 Å². The Labute approximate surface area is 115 Å². The molecule has 0 aromatic heterocycles. The second-order valence-corrected chi connectivity index (χ2v) is 6.53. The minimum Gasteiger partial charge on any atom is -0.493 e. The fourth-order valence-corrected chi connectivity index (χ4v) is 2.43. The monoisotopic (exact) mass is 339 g/mol. The van der Waals surface area contributed by atoms with Crippen LogP contribution in [0.5, 0.6) is 5.75 Å². The smallest absolute Gasteiger partial charge is 0.209 e. The second-order valence-electron chi connectivity index (χ2n) is 3.88. The van der Waals surface area contributed by atoms with Crippen LogP contribution in [0.3, 0.4) is 0 Å². The number of sulfonamides is 1. The summed E-state index contributed by atoms with van der Waals surface area (Å²) in [5, 5.41) is 4.87. The Morgan fingerprint density at radius 2 is 1.94 bits per heavy atom. The molecule has 4 nitrogen and oxygen atoms in total. The molecule has 0 unspecified atom stereocenters. The van der Waals surface area contributed by atoms with E-state index in [0.29, 0.717) is 36.1 Å². The maximum Gasteiger partial charge on any atom is 0.209 e. The lowest BCUT2D eigenvalue weighted by atomic mass is 10.2. The van der Waals surface area contributed by atoms with Crippen molar-refractivity contribution in [1.29, 1.82) is 0 Å². The third-order valence-electron chi connectivity index (χ3n) is 2.18. The molecule has 0 saturated carbocycles. The summed E-state index contributed by atoms with van der Waals surface area (Å²) in [6.07, 6.45) is 1.91. The number of rotatable bonds is 7. The maximum absolute atomic E-state index is 13.0. The first-order valence-corrected chi connectivity index (χ1v) is 7.97. The van der Waals surface area contributed by atoms with Gasteiger partial charge in [0.2, 0.25) is 10.0 Å². The zero-order chi connectivity index (χ0) is 13.6. The van der Waals surface area contributed by atoms with Crippen molar-refractivity contribution in [3.63, 3.8) is 0 Å².